The number of rotatable bonds is 4. The Morgan fingerprint density at radius 1 is 1.09 bits per heavy atom. The van der Waals surface area contributed by atoms with Crippen LogP contribution < -0.4 is 4.90 Å². The predicted octanol–water partition coefficient (Wildman–Crippen LogP) is 3.38. The summed E-state index contributed by atoms with van der Waals surface area (Å²) in [5.74, 6) is 0.459. The fourth-order valence-corrected chi connectivity index (χ4v) is 4.34. The minimum atomic E-state index is -3.44. The summed E-state index contributed by atoms with van der Waals surface area (Å²) in [4.78, 5) is 14.2. The van der Waals surface area contributed by atoms with E-state index in [-0.39, 0.29) is 16.2 Å². The molecule has 6 heteroatoms. The second-order valence-corrected chi connectivity index (χ2v) is 8.01. The Kier molecular flexibility index (Phi) is 4.28. The van der Waals surface area contributed by atoms with Crippen molar-refractivity contribution in [3.63, 3.8) is 0 Å². The molecule has 2 aromatic rings. The van der Waals surface area contributed by atoms with Gasteiger partial charge in [0.1, 0.15) is 5.37 Å². The van der Waals surface area contributed by atoms with E-state index in [2.05, 4.69) is 6.58 Å². The lowest BCUT2D eigenvalue weighted by Crippen LogP contribution is -2.27. The molecule has 1 fully saturated rings. The van der Waals surface area contributed by atoms with Crippen molar-refractivity contribution in [1.82, 2.24) is 0 Å². The van der Waals surface area contributed by atoms with E-state index in [1.54, 1.807) is 29.2 Å². The summed E-state index contributed by atoms with van der Waals surface area (Å²) in [6.45, 7) is 3.33. The lowest BCUT2D eigenvalue weighted by molar-refractivity contribution is -0.115. The van der Waals surface area contributed by atoms with Gasteiger partial charge in [0.2, 0.25) is 5.91 Å². The van der Waals surface area contributed by atoms with Crippen molar-refractivity contribution < 1.29 is 13.2 Å². The molecule has 0 saturated carbocycles. The van der Waals surface area contributed by atoms with Gasteiger partial charge >= 0.3 is 0 Å². The number of hydrogen-bond donors (Lipinski definition) is 0. The summed E-state index contributed by atoms with van der Waals surface area (Å²) in [6, 6.07) is 16.1. The summed E-state index contributed by atoms with van der Waals surface area (Å²) >= 11 is 1.53. The van der Waals surface area contributed by atoms with Crippen molar-refractivity contribution >= 4 is 33.2 Å². The molecule has 0 N–H and O–H groups in total. The van der Waals surface area contributed by atoms with Crippen molar-refractivity contribution in [2.45, 2.75) is 10.3 Å². The minimum absolute atomic E-state index is 0.0500. The summed E-state index contributed by atoms with van der Waals surface area (Å²) in [5, 5.41) is 0.789. The van der Waals surface area contributed by atoms with Crippen LogP contribution in [0.25, 0.3) is 0 Å². The van der Waals surface area contributed by atoms with Gasteiger partial charge in [-0.05, 0) is 29.8 Å². The van der Waals surface area contributed by atoms with Crippen LogP contribution in [-0.2, 0) is 14.6 Å². The van der Waals surface area contributed by atoms with Gasteiger partial charge in [-0.3, -0.25) is 9.69 Å². The Morgan fingerprint density at radius 3 is 2.35 bits per heavy atom. The average molecular weight is 345 g/mol. The molecular formula is C17H15NO3S2. The minimum Gasteiger partial charge on any atom is -0.295 e. The molecule has 1 saturated heterocycles. The highest BCUT2D eigenvalue weighted by atomic mass is 32.2. The molecule has 23 heavy (non-hydrogen) atoms. The summed E-state index contributed by atoms with van der Waals surface area (Å²) in [6.07, 6.45) is 0. The summed E-state index contributed by atoms with van der Waals surface area (Å²) < 4.78 is 23.6. The van der Waals surface area contributed by atoms with Crippen molar-refractivity contribution in [2.75, 3.05) is 10.7 Å². The van der Waals surface area contributed by atoms with Crippen LogP contribution in [0.2, 0.25) is 0 Å². The van der Waals surface area contributed by atoms with E-state index >= 15 is 0 Å². The quantitative estimate of drug-likeness (QED) is 0.852. The van der Waals surface area contributed by atoms with Gasteiger partial charge < -0.3 is 0 Å². The molecule has 2 aromatic carbocycles. The van der Waals surface area contributed by atoms with Crippen LogP contribution in [0.3, 0.4) is 0 Å². The van der Waals surface area contributed by atoms with E-state index in [4.69, 9.17) is 0 Å². The molecule has 1 atom stereocenters. The Balaban J connectivity index is 1.94. The van der Waals surface area contributed by atoms with Crippen LogP contribution >= 0.6 is 11.8 Å². The van der Waals surface area contributed by atoms with Gasteiger partial charge in [0.15, 0.2) is 9.84 Å². The van der Waals surface area contributed by atoms with E-state index in [1.165, 1.54) is 11.8 Å². The molecule has 1 aliphatic heterocycles. The van der Waals surface area contributed by atoms with E-state index < -0.39 is 9.84 Å². The smallest absolute Gasteiger partial charge is 0.238 e. The second-order valence-electron chi connectivity index (χ2n) is 5.04. The van der Waals surface area contributed by atoms with Crippen LogP contribution in [0.1, 0.15) is 10.9 Å². The number of nitrogens with zero attached hydrogens (tertiary/aromatic N) is 1. The van der Waals surface area contributed by atoms with Crippen molar-refractivity contribution in [1.29, 1.82) is 0 Å². The van der Waals surface area contributed by atoms with Crippen molar-refractivity contribution in [2.24, 2.45) is 0 Å². The molecule has 0 radical (unpaired) electrons. The number of hydrogen-bond acceptors (Lipinski definition) is 4. The Hall–Kier alpha value is -2.05. The third-order valence-electron chi connectivity index (χ3n) is 3.62. The lowest BCUT2D eigenvalue weighted by atomic mass is 10.2. The molecule has 4 nitrogen and oxygen atoms in total. The molecule has 3 rings (SSSR count). The first-order valence-electron chi connectivity index (χ1n) is 6.99. The van der Waals surface area contributed by atoms with Gasteiger partial charge in [-0.15, -0.1) is 11.8 Å². The number of amides is 1. The Bertz CT molecular complexity index is 830. The summed E-state index contributed by atoms with van der Waals surface area (Å²) in [7, 11) is -3.44. The van der Waals surface area contributed by atoms with Crippen LogP contribution in [0, 0.1) is 0 Å². The normalized spacial score (nSPS) is 18.2. The molecule has 1 aliphatic rings. The zero-order chi connectivity index (χ0) is 16.4. The van der Waals surface area contributed by atoms with E-state index in [0.717, 1.165) is 16.7 Å². The highest BCUT2D eigenvalue weighted by Gasteiger charge is 2.33. The first kappa shape index (κ1) is 15.8. The first-order chi connectivity index (χ1) is 11.0. The number of benzene rings is 2. The molecule has 0 spiro atoms. The third kappa shape index (κ3) is 3.04. The molecule has 0 bridgehead atoms. The van der Waals surface area contributed by atoms with Crippen molar-refractivity contribution in [3.05, 3.63) is 72.1 Å². The van der Waals surface area contributed by atoms with Gasteiger partial charge in [0.25, 0.3) is 0 Å². The maximum absolute atomic E-state index is 12.2. The number of anilines is 1. The maximum Gasteiger partial charge on any atom is 0.238 e. The number of carbonyl (C=O) groups is 1. The third-order valence-corrected chi connectivity index (χ3v) is 6.20. The number of sulfone groups is 1. The molecule has 0 aromatic heterocycles. The molecule has 1 amide bonds. The molecule has 0 aliphatic carbocycles. The first-order valence-corrected chi connectivity index (χ1v) is 9.58. The van der Waals surface area contributed by atoms with Gasteiger partial charge in [-0.25, -0.2) is 8.42 Å². The predicted molar refractivity (Wildman–Crippen MR) is 93.0 cm³/mol. The van der Waals surface area contributed by atoms with Crippen LogP contribution in [-0.4, -0.2) is 20.1 Å². The highest BCUT2D eigenvalue weighted by molar-refractivity contribution is 8.00. The zero-order valence-corrected chi connectivity index (χ0v) is 13.9. The number of thioether (sulfide) groups is 1. The standard InChI is InChI=1S/C17H15NO3S2/c1-2-23(20,21)15-10-8-13(9-11-15)17-18(16(19)12-22-17)14-6-4-3-5-7-14/h2-11,17H,1,12H2. The molecule has 1 heterocycles. The van der Waals surface area contributed by atoms with Crippen molar-refractivity contribution in [3.8, 4) is 0 Å². The molecule has 118 valence electrons. The highest BCUT2D eigenvalue weighted by Crippen LogP contribution is 2.41. The van der Waals surface area contributed by atoms with Gasteiger partial charge in [0, 0.05) is 11.1 Å². The largest absolute Gasteiger partial charge is 0.295 e. The van der Waals surface area contributed by atoms with Crippen LogP contribution in [0.5, 0.6) is 0 Å². The average Bonchev–Trinajstić information content (AvgIpc) is 2.97. The second kappa shape index (κ2) is 6.22. The Morgan fingerprint density at radius 2 is 1.74 bits per heavy atom. The topological polar surface area (TPSA) is 54.5 Å². The number of para-hydroxylation sites is 1. The fraction of sp³-hybridized carbons (Fsp3) is 0.118. The summed E-state index contributed by atoms with van der Waals surface area (Å²) in [5.41, 5.74) is 1.74. The van der Waals surface area contributed by atoms with E-state index in [0.29, 0.717) is 5.75 Å². The Labute approximate surface area is 139 Å². The molecule has 1 unspecified atom stereocenters. The van der Waals surface area contributed by atoms with Crippen LogP contribution in [0.4, 0.5) is 5.69 Å². The van der Waals surface area contributed by atoms with E-state index in [1.807, 2.05) is 30.3 Å². The zero-order valence-electron chi connectivity index (χ0n) is 12.3. The van der Waals surface area contributed by atoms with Crippen LogP contribution in [0.15, 0.2) is 71.5 Å². The van der Waals surface area contributed by atoms with E-state index in [9.17, 15) is 13.2 Å². The van der Waals surface area contributed by atoms with Gasteiger partial charge in [-0.1, -0.05) is 36.9 Å². The van der Waals surface area contributed by atoms with Gasteiger partial charge in [-0.2, -0.15) is 0 Å². The molecular weight excluding hydrogens is 330 g/mol. The SMILES string of the molecule is C=CS(=O)(=O)c1ccc(C2SCC(=O)N2c2ccccc2)cc1. The lowest BCUT2D eigenvalue weighted by Gasteiger charge is -2.24. The number of carbonyl (C=O) groups excluding carboxylic acids is 1. The maximum atomic E-state index is 12.2. The van der Waals surface area contributed by atoms with Gasteiger partial charge in [0.05, 0.1) is 10.6 Å². The fourth-order valence-electron chi connectivity index (χ4n) is 2.46. The monoisotopic (exact) mass is 345 g/mol.